The Bertz CT molecular complexity index is 395. The van der Waals surface area contributed by atoms with Crippen LogP contribution in [-0.4, -0.2) is 17.8 Å². The van der Waals surface area contributed by atoms with Crippen LogP contribution in [0.3, 0.4) is 0 Å². The number of aliphatic hydroxyl groups is 1. The fourth-order valence-corrected chi connectivity index (χ4v) is 2.51. The predicted molar refractivity (Wildman–Crippen MR) is 73.3 cm³/mol. The van der Waals surface area contributed by atoms with Gasteiger partial charge in [0.1, 0.15) is 0 Å². The number of rotatable bonds is 5. The lowest BCUT2D eigenvalue weighted by Crippen LogP contribution is -2.17. The summed E-state index contributed by atoms with van der Waals surface area (Å²) in [6.45, 7) is 3.48. The topological polar surface area (TPSA) is 29.5 Å². The maximum Gasteiger partial charge on any atom is 0.0753 e. The quantitative estimate of drug-likeness (QED) is 0.637. The van der Waals surface area contributed by atoms with Crippen molar-refractivity contribution in [2.24, 2.45) is 0 Å². The van der Waals surface area contributed by atoms with E-state index in [1.54, 1.807) is 0 Å². The van der Waals surface area contributed by atoms with Crippen molar-refractivity contribution < 1.29 is 9.84 Å². The Morgan fingerprint density at radius 3 is 2.78 bits per heavy atom. The molecule has 0 bridgehead atoms. The van der Waals surface area contributed by atoms with Crippen LogP contribution in [-0.2, 0) is 11.3 Å². The molecule has 18 heavy (non-hydrogen) atoms. The number of benzene rings is 1. The molecule has 0 saturated carbocycles. The van der Waals surface area contributed by atoms with Gasteiger partial charge in [-0.3, -0.25) is 0 Å². The van der Waals surface area contributed by atoms with Gasteiger partial charge in [0.15, 0.2) is 0 Å². The van der Waals surface area contributed by atoms with Crippen LogP contribution in [0.2, 0.25) is 0 Å². The van der Waals surface area contributed by atoms with Crippen molar-refractivity contribution in [3.05, 3.63) is 47.0 Å². The standard InChI is InChI=1S/C16H22O2/c1-13-6-5-9-16(17)15(13)10-11-18-12-14-7-3-2-4-8-14/h2-4,7-8,16-17H,5-6,9-12H2,1H3. The van der Waals surface area contributed by atoms with E-state index in [-0.39, 0.29) is 6.10 Å². The van der Waals surface area contributed by atoms with Crippen LogP contribution in [0.25, 0.3) is 0 Å². The molecule has 1 atom stereocenters. The fraction of sp³-hybridized carbons (Fsp3) is 0.500. The van der Waals surface area contributed by atoms with E-state index in [1.165, 1.54) is 16.7 Å². The first-order valence-electron chi connectivity index (χ1n) is 6.75. The van der Waals surface area contributed by atoms with Crippen LogP contribution in [0.15, 0.2) is 41.5 Å². The second-order valence-electron chi connectivity index (χ2n) is 5.00. The molecule has 1 aromatic rings. The molecule has 0 aliphatic heterocycles. The lowest BCUT2D eigenvalue weighted by atomic mass is 9.89. The van der Waals surface area contributed by atoms with E-state index < -0.39 is 0 Å². The van der Waals surface area contributed by atoms with Crippen LogP contribution < -0.4 is 0 Å². The number of allylic oxidation sites excluding steroid dienone is 1. The molecule has 0 radical (unpaired) electrons. The molecule has 1 aliphatic carbocycles. The first-order chi connectivity index (χ1) is 8.77. The van der Waals surface area contributed by atoms with E-state index in [9.17, 15) is 5.11 Å². The highest BCUT2D eigenvalue weighted by Crippen LogP contribution is 2.27. The SMILES string of the molecule is CC1=C(CCOCc2ccccc2)C(O)CCC1. The van der Waals surface area contributed by atoms with Crippen molar-refractivity contribution in [3.63, 3.8) is 0 Å². The molecule has 0 spiro atoms. The first-order valence-corrected chi connectivity index (χ1v) is 6.75. The summed E-state index contributed by atoms with van der Waals surface area (Å²) in [6, 6.07) is 10.2. The van der Waals surface area contributed by atoms with Crippen LogP contribution in [0.1, 0.15) is 38.2 Å². The van der Waals surface area contributed by atoms with Gasteiger partial charge in [0.2, 0.25) is 0 Å². The summed E-state index contributed by atoms with van der Waals surface area (Å²) in [5.74, 6) is 0. The van der Waals surface area contributed by atoms with E-state index in [0.717, 1.165) is 25.7 Å². The van der Waals surface area contributed by atoms with Crippen molar-refractivity contribution in [2.45, 2.75) is 45.3 Å². The fourth-order valence-electron chi connectivity index (χ4n) is 2.51. The van der Waals surface area contributed by atoms with E-state index in [4.69, 9.17) is 4.74 Å². The van der Waals surface area contributed by atoms with E-state index in [2.05, 4.69) is 19.1 Å². The summed E-state index contributed by atoms with van der Waals surface area (Å²) >= 11 is 0. The van der Waals surface area contributed by atoms with Crippen LogP contribution in [0.4, 0.5) is 0 Å². The second-order valence-corrected chi connectivity index (χ2v) is 5.00. The number of ether oxygens (including phenoxy) is 1. The molecule has 2 rings (SSSR count). The molecule has 98 valence electrons. The number of hydrogen-bond acceptors (Lipinski definition) is 2. The van der Waals surface area contributed by atoms with Crippen LogP contribution in [0, 0.1) is 0 Å². The summed E-state index contributed by atoms with van der Waals surface area (Å²) in [7, 11) is 0. The molecule has 0 saturated heterocycles. The monoisotopic (exact) mass is 246 g/mol. The van der Waals surface area contributed by atoms with Crippen LogP contribution in [0.5, 0.6) is 0 Å². The third kappa shape index (κ3) is 3.69. The molecular formula is C16H22O2. The Labute approximate surface area is 109 Å². The Kier molecular flexibility index (Phi) is 4.97. The van der Waals surface area contributed by atoms with Gasteiger partial charge in [-0.15, -0.1) is 0 Å². The number of aliphatic hydroxyl groups excluding tert-OH is 1. The number of hydrogen-bond donors (Lipinski definition) is 1. The third-order valence-electron chi connectivity index (χ3n) is 3.61. The van der Waals surface area contributed by atoms with Gasteiger partial charge < -0.3 is 9.84 Å². The summed E-state index contributed by atoms with van der Waals surface area (Å²) in [5, 5.41) is 9.94. The molecule has 2 heteroatoms. The van der Waals surface area contributed by atoms with E-state index >= 15 is 0 Å². The molecule has 0 fully saturated rings. The van der Waals surface area contributed by atoms with Crippen molar-refractivity contribution in [1.29, 1.82) is 0 Å². The largest absolute Gasteiger partial charge is 0.389 e. The predicted octanol–water partition coefficient (Wildman–Crippen LogP) is 3.45. The minimum absolute atomic E-state index is 0.237. The Balaban J connectivity index is 1.75. The molecule has 2 nitrogen and oxygen atoms in total. The highest BCUT2D eigenvalue weighted by atomic mass is 16.5. The van der Waals surface area contributed by atoms with Crippen LogP contribution >= 0.6 is 0 Å². The minimum atomic E-state index is -0.237. The zero-order chi connectivity index (χ0) is 12.8. The van der Waals surface area contributed by atoms with Gasteiger partial charge >= 0.3 is 0 Å². The minimum Gasteiger partial charge on any atom is -0.389 e. The van der Waals surface area contributed by atoms with E-state index in [1.807, 2.05) is 18.2 Å². The summed E-state index contributed by atoms with van der Waals surface area (Å²) in [5.41, 5.74) is 3.76. The van der Waals surface area contributed by atoms with Gasteiger partial charge in [0.25, 0.3) is 0 Å². The Morgan fingerprint density at radius 1 is 1.28 bits per heavy atom. The summed E-state index contributed by atoms with van der Waals surface area (Å²) in [6.07, 6.45) is 3.77. The van der Waals surface area contributed by atoms with Gasteiger partial charge in [-0.2, -0.15) is 0 Å². The Morgan fingerprint density at radius 2 is 2.06 bits per heavy atom. The maximum absolute atomic E-state index is 9.94. The third-order valence-corrected chi connectivity index (χ3v) is 3.61. The average Bonchev–Trinajstić information content (AvgIpc) is 2.38. The molecule has 1 N–H and O–H groups in total. The van der Waals surface area contributed by atoms with Gasteiger partial charge in [-0.25, -0.2) is 0 Å². The van der Waals surface area contributed by atoms with Crippen molar-refractivity contribution in [2.75, 3.05) is 6.61 Å². The molecular weight excluding hydrogens is 224 g/mol. The van der Waals surface area contributed by atoms with Crippen molar-refractivity contribution in [3.8, 4) is 0 Å². The zero-order valence-corrected chi connectivity index (χ0v) is 11.1. The molecule has 0 heterocycles. The van der Waals surface area contributed by atoms with Gasteiger partial charge in [-0.05, 0) is 43.7 Å². The molecule has 1 aliphatic rings. The van der Waals surface area contributed by atoms with Gasteiger partial charge in [-0.1, -0.05) is 35.9 Å². The average molecular weight is 246 g/mol. The molecule has 0 aromatic heterocycles. The molecule has 0 amide bonds. The highest BCUT2D eigenvalue weighted by Gasteiger charge is 2.17. The first kappa shape index (κ1) is 13.3. The van der Waals surface area contributed by atoms with Crippen molar-refractivity contribution in [1.82, 2.24) is 0 Å². The van der Waals surface area contributed by atoms with Crippen molar-refractivity contribution >= 4 is 0 Å². The Hall–Kier alpha value is -1.12. The summed E-state index contributed by atoms with van der Waals surface area (Å²) < 4.78 is 5.67. The summed E-state index contributed by atoms with van der Waals surface area (Å²) in [4.78, 5) is 0. The zero-order valence-electron chi connectivity index (χ0n) is 11.1. The second kappa shape index (κ2) is 6.72. The lowest BCUT2D eigenvalue weighted by Gasteiger charge is -2.23. The highest BCUT2D eigenvalue weighted by molar-refractivity contribution is 5.19. The van der Waals surface area contributed by atoms with Gasteiger partial charge in [0.05, 0.1) is 19.3 Å². The van der Waals surface area contributed by atoms with E-state index in [0.29, 0.717) is 13.2 Å². The smallest absolute Gasteiger partial charge is 0.0753 e. The van der Waals surface area contributed by atoms with Gasteiger partial charge in [0, 0.05) is 0 Å². The normalized spacial score (nSPS) is 20.2. The lowest BCUT2D eigenvalue weighted by molar-refractivity contribution is 0.113. The maximum atomic E-state index is 9.94. The molecule has 1 unspecified atom stereocenters. The molecule has 1 aromatic carbocycles.